The van der Waals surface area contributed by atoms with Crippen molar-refractivity contribution < 1.29 is 14.7 Å². The summed E-state index contributed by atoms with van der Waals surface area (Å²) in [6.45, 7) is 3.92. The van der Waals surface area contributed by atoms with Gasteiger partial charge >= 0.3 is 5.97 Å². The molecule has 1 aliphatic carbocycles. The summed E-state index contributed by atoms with van der Waals surface area (Å²) < 4.78 is 0. The minimum Gasteiger partial charge on any atom is -0.481 e. The summed E-state index contributed by atoms with van der Waals surface area (Å²) in [6, 6.07) is 9.81. The largest absolute Gasteiger partial charge is 0.481 e. The Bertz CT molecular complexity index is 531. The molecule has 2 N–H and O–H groups in total. The van der Waals surface area contributed by atoms with E-state index in [0.29, 0.717) is 12.8 Å². The van der Waals surface area contributed by atoms with Crippen LogP contribution in [0.3, 0.4) is 0 Å². The minimum absolute atomic E-state index is 0.0301. The van der Waals surface area contributed by atoms with Crippen molar-refractivity contribution in [3.63, 3.8) is 0 Å². The summed E-state index contributed by atoms with van der Waals surface area (Å²) in [7, 11) is 0. The number of carboxylic acid groups (broad SMARTS) is 1. The summed E-state index contributed by atoms with van der Waals surface area (Å²) >= 11 is 0. The zero-order valence-electron chi connectivity index (χ0n) is 13.4. The van der Waals surface area contributed by atoms with Gasteiger partial charge in [-0.25, -0.2) is 0 Å². The first-order chi connectivity index (χ1) is 10.5. The van der Waals surface area contributed by atoms with Gasteiger partial charge in [0.25, 0.3) is 0 Å². The van der Waals surface area contributed by atoms with Crippen LogP contribution in [0.25, 0.3) is 0 Å². The number of rotatable bonds is 7. The Labute approximate surface area is 131 Å². The van der Waals surface area contributed by atoms with Crippen LogP contribution in [-0.2, 0) is 15.0 Å². The molecule has 2 rings (SSSR count). The van der Waals surface area contributed by atoms with Crippen LogP contribution in [0.5, 0.6) is 0 Å². The number of hydrogen-bond acceptors (Lipinski definition) is 2. The molecule has 0 spiro atoms. The van der Waals surface area contributed by atoms with Crippen molar-refractivity contribution >= 4 is 11.9 Å². The third kappa shape index (κ3) is 2.74. The molecule has 4 nitrogen and oxygen atoms in total. The molecule has 0 radical (unpaired) electrons. The van der Waals surface area contributed by atoms with E-state index in [1.165, 1.54) is 0 Å². The van der Waals surface area contributed by atoms with Gasteiger partial charge in [-0.3, -0.25) is 9.59 Å². The van der Waals surface area contributed by atoms with E-state index in [1.54, 1.807) is 0 Å². The number of aliphatic carboxylic acids is 1. The molecule has 0 unspecified atom stereocenters. The summed E-state index contributed by atoms with van der Waals surface area (Å²) in [5.74, 6) is -0.863. The van der Waals surface area contributed by atoms with Crippen molar-refractivity contribution in [2.75, 3.05) is 6.54 Å². The van der Waals surface area contributed by atoms with Crippen molar-refractivity contribution in [1.82, 2.24) is 5.32 Å². The van der Waals surface area contributed by atoms with Crippen molar-refractivity contribution in [3.8, 4) is 0 Å². The minimum atomic E-state index is -0.864. The molecule has 1 aromatic rings. The second-order valence-corrected chi connectivity index (χ2v) is 6.28. The van der Waals surface area contributed by atoms with Gasteiger partial charge in [-0.2, -0.15) is 0 Å². The fourth-order valence-electron chi connectivity index (χ4n) is 3.23. The molecule has 1 amide bonds. The third-order valence-corrected chi connectivity index (χ3v) is 5.36. The summed E-state index contributed by atoms with van der Waals surface area (Å²) in [5, 5.41) is 12.4. The van der Waals surface area contributed by atoms with E-state index in [0.717, 1.165) is 24.8 Å². The van der Waals surface area contributed by atoms with E-state index in [9.17, 15) is 14.7 Å². The quantitative estimate of drug-likeness (QED) is 0.813. The van der Waals surface area contributed by atoms with Gasteiger partial charge in [0.1, 0.15) is 0 Å². The SMILES string of the molecule is CCC(CC)(CNC(=O)C1(c2ccccc2)CCC1)C(=O)O. The van der Waals surface area contributed by atoms with Crippen LogP contribution in [0, 0.1) is 5.41 Å². The van der Waals surface area contributed by atoms with Gasteiger partial charge in [0, 0.05) is 6.54 Å². The highest BCUT2D eigenvalue weighted by atomic mass is 16.4. The summed E-state index contributed by atoms with van der Waals surface area (Å²) in [4.78, 5) is 24.3. The summed E-state index contributed by atoms with van der Waals surface area (Å²) in [6.07, 6.45) is 3.73. The number of amides is 1. The lowest BCUT2D eigenvalue weighted by atomic mass is 9.63. The van der Waals surface area contributed by atoms with Crippen molar-refractivity contribution in [2.24, 2.45) is 5.41 Å². The van der Waals surface area contributed by atoms with E-state index in [2.05, 4.69) is 5.32 Å². The van der Waals surface area contributed by atoms with Crippen LogP contribution in [-0.4, -0.2) is 23.5 Å². The topological polar surface area (TPSA) is 66.4 Å². The zero-order chi connectivity index (χ0) is 16.2. The molecular formula is C18H25NO3. The zero-order valence-corrected chi connectivity index (χ0v) is 13.4. The number of benzene rings is 1. The second-order valence-electron chi connectivity index (χ2n) is 6.28. The van der Waals surface area contributed by atoms with Gasteiger partial charge in [0.05, 0.1) is 10.8 Å². The van der Waals surface area contributed by atoms with Crippen molar-refractivity contribution in [1.29, 1.82) is 0 Å². The fraction of sp³-hybridized carbons (Fsp3) is 0.556. The highest BCUT2D eigenvalue weighted by Crippen LogP contribution is 2.44. The average molecular weight is 303 g/mol. The third-order valence-electron chi connectivity index (χ3n) is 5.36. The molecule has 0 heterocycles. The van der Waals surface area contributed by atoms with Crippen LogP contribution in [0.4, 0.5) is 0 Å². The van der Waals surface area contributed by atoms with Crippen molar-refractivity contribution in [3.05, 3.63) is 35.9 Å². The van der Waals surface area contributed by atoms with Gasteiger partial charge in [-0.15, -0.1) is 0 Å². The Morgan fingerprint density at radius 1 is 1.18 bits per heavy atom. The van der Waals surface area contributed by atoms with Crippen LogP contribution in [0.1, 0.15) is 51.5 Å². The molecule has 1 fully saturated rings. The monoisotopic (exact) mass is 303 g/mol. The Morgan fingerprint density at radius 3 is 2.18 bits per heavy atom. The standard InChI is InChI=1S/C18H25NO3/c1-3-17(4-2,16(21)22)13-19-15(20)18(11-8-12-18)14-9-6-5-7-10-14/h5-7,9-10H,3-4,8,11-13H2,1-2H3,(H,19,20)(H,21,22). The van der Waals surface area contributed by atoms with Crippen LogP contribution < -0.4 is 5.32 Å². The lowest BCUT2D eigenvalue weighted by molar-refractivity contribution is -0.149. The molecule has 0 saturated heterocycles. The first-order valence-corrected chi connectivity index (χ1v) is 8.08. The highest BCUT2D eigenvalue weighted by molar-refractivity contribution is 5.89. The number of hydrogen-bond donors (Lipinski definition) is 2. The Kier molecular flexibility index (Phi) is 4.89. The van der Waals surface area contributed by atoms with Crippen LogP contribution in [0.2, 0.25) is 0 Å². The molecule has 1 aliphatic rings. The van der Waals surface area contributed by atoms with E-state index >= 15 is 0 Å². The van der Waals surface area contributed by atoms with E-state index < -0.39 is 16.8 Å². The van der Waals surface area contributed by atoms with Crippen LogP contribution >= 0.6 is 0 Å². The molecule has 22 heavy (non-hydrogen) atoms. The Morgan fingerprint density at radius 2 is 1.77 bits per heavy atom. The molecule has 0 aromatic heterocycles. The highest BCUT2D eigenvalue weighted by Gasteiger charge is 2.46. The lowest BCUT2D eigenvalue weighted by Gasteiger charge is -2.41. The normalized spacial score (nSPS) is 16.6. The van der Waals surface area contributed by atoms with Gasteiger partial charge < -0.3 is 10.4 Å². The lowest BCUT2D eigenvalue weighted by Crippen LogP contribution is -2.52. The predicted octanol–water partition coefficient (Wildman–Crippen LogP) is 3.12. The van der Waals surface area contributed by atoms with Gasteiger partial charge in [-0.05, 0) is 31.2 Å². The molecule has 1 saturated carbocycles. The molecule has 120 valence electrons. The Balaban J connectivity index is 2.13. The van der Waals surface area contributed by atoms with Gasteiger partial charge in [0.2, 0.25) is 5.91 Å². The van der Waals surface area contributed by atoms with Crippen molar-refractivity contribution in [2.45, 2.75) is 51.4 Å². The molecule has 0 atom stereocenters. The average Bonchev–Trinajstić information content (AvgIpc) is 2.48. The number of carbonyl (C=O) groups excluding carboxylic acids is 1. The maximum absolute atomic E-state index is 12.7. The molecular weight excluding hydrogens is 278 g/mol. The predicted molar refractivity (Wildman–Crippen MR) is 85.6 cm³/mol. The maximum Gasteiger partial charge on any atom is 0.311 e. The van der Waals surface area contributed by atoms with Crippen LogP contribution in [0.15, 0.2) is 30.3 Å². The first kappa shape index (κ1) is 16.5. The molecule has 1 aromatic carbocycles. The number of nitrogens with one attached hydrogen (secondary N) is 1. The smallest absolute Gasteiger partial charge is 0.311 e. The molecule has 4 heteroatoms. The first-order valence-electron chi connectivity index (χ1n) is 8.08. The second kappa shape index (κ2) is 6.51. The summed E-state index contributed by atoms with van der Waals surface area (Å²) in [5.41, 5.74) is -0.294. The maximum atomic E-state index is 12.7. The van der Waals surface area contributed by atoms with E-state index in [-0.39, 0.29) is 12.5 Å². The van der Waals surface area contributed by atoms with Gasteiger partial charge in [0.15, 0.2) is 0 Å². The number of carbonyl (C=O) groups is 2. The van der Waals surface area contributed by atoms with E-state index in [1.807, 2.05) is 44.2 Å². The molecule has 0 bridgehead atoms. The fourth-order valence-corrected chi connectivity index (χ4v) is 3.23. The van der Waals surface area contributed by atoms with E-state index in [4.69, 9.17) is 0 Å². The molecule has 0 aliphatic heterocycles. The van der Waals surface area contributed by atoms with Gasteiger partial charge in [-0.1, -0.05) is 50.6 Å². The Hall–Kier alpha value is -1.84. The number of carboxylic acids is 1.